The van der Waals surface area contributed by atoms with E-state index in [0.717, 1.165) is 23.3 Å². The fourth-order valence-corrected chi connectivity index (χ4v) is 4.16. The maximum absolute atomic E-state index is 12.3. The Morgan fingerprint density at radius 2 is 1.86 bits per heavy atom. The summed E-state index contributed by atoms with van der Waals surface area (Å²) in [5.74, 6) is -1.12. The molecule has 0 radical (unpaired) electrons. The standard InChI is InChI=1S/C16H24N2O3S/c1-9-6-5-7-10(2)18(9)8-13(19)17-15-14(16(20)21)11(3)12(4)22-15/h9-10H,5-8H2,1-4H3,(H,17,19)(H,20,21). The average Bonchev–Trinajstić information content (AvgIpc) is 2.69. The highest BCUT2D eigenvalue weighted by Gasteiger charge is 2.27. The van der Waals surface area contributed by atoms with Crippen LogP contribution in [0.3, 0.4) is 0 Å². The van der Waals surface area contributed by atoms with Gasteiger partial charge in [-0.3, -0.25) is 9.69 Å². The first-order valence-corrected chi connectivity index (χ1v) is 8.51. The highest BCUT2D eigenvalue weighted by atomic mass is 32.1. The van der Waals surface area contributed by atoms with E-state index in [2.05, 4.69) is 24.1 Å². The molecular formula is C16H24N2O3S. The number of carbonyl (C=O) groups is 2. The summed E-state index contributed by atoms with van der Waals surface area (Å²) in [5.41, 5.74) is 0.947. The van der Waals surface area contributed by atoms with Crippen LogP contribution in [0.5, 0.6) is 0 Å². The zero-order valence-electron chi connectivity index (χ0n) is 13.6. The zero-order chi connectivity index (χ0) is 16.4. The molecule has 1 aliphatic heterocycles. The summed E-state index contributed by atoms with van der Waals surface area (Å²) in [5, 5.41) is 12.6. The van der Waals surface area contributed by atoms with Crippen LogP contribution in [-0.2, 0) is 4.79 Å². The molecule has 2 unspecified atom stereocenters. The summed E-state index contributed by atoms with van der Waals surface area (Å²) >= 11 is 1.33. The highest BCUT2D eigenvalue weighted by Crippen LogP contribution is 2.32. The Kier molecular flexibility index (Phi) is 5.24. The summed E-state index contributed by atoms with van der Waals surface area (Å²) in [4.78, 5) is 26.8. The van der Waals surface area contributed by atoms with Gasteiger partial charge in [0.1, 0.15) is 5.00 Å². The number of carboxylic acids is 1. The van der Waals surface area contributed by atoms with Gasteiger partial charge in [0.25, 0.3) is 0 Å². The molecule has 0 aromatic carbocycles. The molecule has 6 heteroatoms. The van der Waals surface area contributed by atoms with Crippen molar-refractivity contribution in [2.75, 3.05) is 11.9 Å². The Balaban J connectivity index is 2.09. The van der Waals surface area contributed by atoms with E-state index in [-0.39, 0.29) is 11.5 Å². The number of nitrogens with one attached hydrogen (secondary N) is 1. The molecule has 0 spiro atoms. The number of carboxylic acid groups (broad SMARTS) is 1. The van der Waals surface area contributed by atoms with E-state index in [4.69, 9.17) is 0 Å². The van der Waals surface area contributed by atoms with E-state index in [1.54, 1.807) is 6.92 Å². The van der Waals surface area contributed by atoms with Crippen molar-refractivity contribution in [3.8, 4) is 0 Å². The number of hydrogen-bond acceptors (Lipinski definition) is 4. The first-order chi connectivity index (χ1) is 10.3. The van der Waals surface area contributed by atoms with Gasteiger partial charge < -0.3 is 10.4 Å². The summed E-state index contributed by atoms with van der Waals surface area (Å²) in [7, 11) is 0. The van der Waals surface area contributed by atoms with Gasteiger partial charge in [-0.05, 0) is 46.1 Å². The lowest BCUT2D eigenvalue weighted by Gasteiger charge is -2.38. The van der Waals surface area contributed by atoms with Crippen molar-refractivity contribution in [2.24, 2.45) is 0 Å². The van der Waals surface area contributed by atoms with E-state index in [1.807, 2.05) is 6.92 Å². The van der Waals surface area contributed by atoms with Gasteiger partial charge in [0.15, 0.2) is 0 Å². The molecule has 2 N–H and O–H groups in total. The molecule has 122 valence electrons. The van der Waals surface area contributed by atoms with Crippen molar-refractivity contribution in [3.05, 3.63) is 16.0 Å². The van der Waals surface area contributed by atoms with E-state index >= 15 is 0 Å². The molecule has 1 aromatic heterocycles. The van der Waals surface area contributed by atoms with Crippen molar-refractivity contribution >= 4 is 28.2 Å². The number of amides is 1. The number of hydrogen-bond donors (Lipinski definition) is 2. The van der Waals surface area contributed by atoms with E-state index in [1.165, 1.54) is 17.8 Å². The van der Waals surface area contributed by atoms with Gasteiger partial charge in [-0.1, -0.05) is 6.42 Å². The van der Waals surface area contributed by atoms with Crippen LogP contribution < -0.4 is 5.32 Å². The number of rotatable bonds is 4. The predicted molar refractivity (Wildman–Crippen MR) is 88.9 cm³/mol. The second-order valence-electron chi connectivity index (χ2n) is 6.14. The fourth-order valence-electron chi connectivity index (χ4n) is 3.09. The molecule has 5 nitrogen and oxygen atoms in total. The molecule has 1 amide bonds. The Hall–Kier alpha value is -1.40. The van der Waals surface area contributed by atoms with Crippen LogP contribution in [0.1, 0.15) is 53.9 Å². The highest BCUT2D eigenvalue weighted by molar-refractivity contribution is 7.16. The van der Waals surface area contributed by atoms with Crippen molar-refractivity contribution in [2.45, 2.75) is 59.0 Å². The molecule has 2 rings (SSSR count). The quantitative estimate of drug-likeness (QED) is 0.892. The molecule has 1 aromatic rings. The summed E-state index contributed by atoms with van der Waals surface area (Å²) in [6, 6.07) is 0.778. The van der Waals surface area contributed by atoms with Gasteiger partial charge in [-0.25, -0.2) is 4.79 Å². The number of thiophene rings is 1. The van der Waals surface area contributed by atoms with Gasteiger partial charge in [0.05, 0.1) is 12.1 Å². The van der Waals surface area contributed by atoms with Crippen LogP contribution in [0.25, 0.3) is 0 Å². The molecule has 22 heavy (non-hydrogen) atoms. The summed E-state index contributed by atoms with van der Waals surface area (Å²) in [6.07, 6.45) is 3.41. The molecule has 1 saturated heterocycles. The molecule has 2 heterocycles. The van der Waals surface area contributed by atoms with Crippen LogP contribution in [0.4, 0.5) is 5.00 Å². The maximum atomic E-state index is 12.3. The lowest BCUT2D eigenvalue weighted by atomic mass is 9.97. The number of anilines is 1. The Morgan fingerprint density at radius 1 is 1.27 bits per heavy atom. The van der Waals surface area contributed by atoms with Gasteiger partial charge in [0, 0.05) is 17.0 Å². The van der Waals surface area contributed by atoms with Crippen LogP contribution in [0, 0.1) is 13.8 Å². The number of aryl methyl sites for hydroxylation is 1. The minimum Gasteiger partial charge on any atom is -0.478 e. The van der Waals surface area contributed by atoms with Crippen LogP contribution >= 0.6 is 11.3 Å². The number of piperidine rings is 1. The third kappa shape index (κ3) is 3.50. The predicted octanol–water partition coefficient (Wildman–Crippen LogP) is 3.26. The first kappa shape index (κ1) is 17.0. The van der Waals surface area contributed by atoms with Crippen LogP contribution in [0.15, 0.2) is 0 Å². The summed E-state index contributed by atoms with van der Waals surface area (Å²) in [6.45, 7) is 8.25. The van der Waals surface area contributed by atoms with Crippen LogP contribution in [-0.4, -0.2) is 40.5 Å². The number of carbonyl (C=O) groups excluding carboxylic acids is 1. The fraction of sp³-hybridized carbons (Fsp3) is 0.625. The Labute approximate surface area is 135 Å². The molecule has 0 bridgehead atoms. The lowest BCUT2D eigenvalue weighted by Crippen LogP contribution is -2.47. The van der Waals surface area contributed by atoms with Gasteiger partial charge in [-0.2, -0.15) is 0 Å². The van der Waals surface area contributed by atoms with Crippen molar-refractivity contribution in [1.29, 1.82) is 0 Å². The monoisotopic (exact) mass is 324 g/mol. The normalized spacial score (nSPS) is 22.5. The minimum atomic E-state index is -0.989. The second kappa shape index (κ2) is 6.79. The average molecular weight is 324 g/mol. The van der Waals surface area contributed by atoms with Crippen molar-refractivity contribution < 1.29 is 14.7 Å². The number of aromatic carboxylic acids is 1. The van der Waals surface area contributed by atoms with Crippen LogP contribution in [0.2, 0.25) is 0 Å². The smallest absolute Gasteiger partial charge is 0.338 e. The third-order valence-electron chi connectivity index (χ3n) is 4.55. The largest absolute Gasteiger partial charge is 0.478 e. The Morgan fingerprint density at radius 3 is 2.41 bits per heavy atom. The first-order valence-electron chi connectivity index (χ1n) is 7.70. The lowest BCUT2D eigenvalue weighted by molar-refractivity contribution is -0.118. The molecule has 1 aliphatic rings. The molecule has 0 saturated carbocycles. The van der Waals surface area contributed by atoms with Gasteiger partial charge in [0.2, 0.25) is 5.91 Å². The zero-order valence-corrected chi connectivity index (χ0v) is 14.4. The van der Waals surface area contributed by atoms with Crippen molar-refractivity contribution in [3.63, 3.8) is 0 Å². The Bertz CT molecular complexity index is 572. The minimum absolute atomic E-state index is 0.135. The van der Waals surface area contributed by atoms with Crippen molar-refractivity contribution in [1.82, 2.24) is 4.90 Å². The topological polar surface area (TPSA) is 69.6 Å². The molecule has 2 atom stereocenters. The number of likely N-dealkylation sites (tertiary alicyclic amines) is 1. The van der Waals surface area contributed by atoms with E-state index in [0.29, 0.717) is 23.6 Å². The summed E-state index contributed by atoms with van der Waals surface area (Å²) < 4.78 is 0. The van der Waals surface area contributed by atoms with Gasteiger partial charge in [-0.15, -0.1) is 11.3 Å². The molecule has 0 aliphatic carbocycles. The second-order valence-corrected chi connectivity index (χ2v) is 7.37. The molecule has 1 fully saturated rings. The number of nitrogens with zero attached hydrogens (tertiary/aromatic N) is 1. The maximum Gasteiger partial charge on any atom is 0.338 e. The van der Waals surface area contributed by atoms with Gasteiger partial charge >= 0.3 is 5.97 Å². The van der Waals surface area contributed by atoms with E-state index < -0.39 is 5.97 Å². The third-order valence-corrected chi connectivity index (χ3v) is 5.68. The SMILES string of the molecule is Cc1sc(NC(=O)CN2C(C)CCCC2C)c(C(=O)O)c1C. The van der Waals surface area contributed by atoms with E-state index in [9.17, 15) is 14.7 Å². The molecular weight excluding hydrogens is 300 g/mol.